The summed E-state index contributed by atoms with van der Waals surface area (Å²) in [5.74, 6) is -0.731. The summed E-state index contributed by atoms with van der Waals surface area (Å²) in [7, 11) is 2.69. The molecule has 0 bridgehead atoms. The first-order valence-electron chi connectivity index (χ1n) is 3.55. The number of methoxy groups -OCH3 is 1. The number of rotatable bonds is 3. The molecule has 0 aromatic carbocycles. The van der Waals surface area contributed by atoms with Crippen LogP contribution in [0.4, 0.5) is 0 Å². The van der Waals surface area contributed by atoms with Crippen LogP contribution in [-0.4, -0.2) is 32.1 Å². The van der Waals surface area contributed by atoms with Crippen LogP contribution in [0.25, 0.3) is 0 Å². The number of aldehydes is 1. The first-order chi connectivity index (χ1) is 6.08. The van der Waals surface area contributed by atoms with Crippen molar-refractivity contribution in [2.45, 2.75) is 6.92 Å². The summed E-state index contributed by atoms with van der Waals surface area (Å²) in [5, 5.41) is 0. The second kappa shape index (κ2) is 5.08. The third kappa shape index (κ3) is 2.70. The van der Waals surface area contributed by atoms with Gasteiger partial charge >= 0.3 is 5.97 Å². The van der Waals surface area contributed by atoms with E-state index in [-0.39, 0.29) is 11.3 Å². The third-order valence-corrected chi connectivity index (χ3v) is 1.54. The monoisotopic (exact) mass is 184 g/mol. The molecule has 0 aliphatic carbocycles. The van der Waals surface area contributed by atoms with Gasteiger partial charge in [0.2, 0.25) is 0 Å². The molecular formula is C8H12N2O3. The first-order valence-corrected chi connectivity index (χ1v) is 3.55. The summed E-state index contributed by atoms with van der Waals surface area (Å²) in [6, 6.07) is 0. The molecule has 0 saturated heterocycles. The number of aliphatic imine (C=N–C) groups is 1. The van der Waals surface area contributed by atoms with Crippen molar-refractivity contribution >= 4 is 18.0 Å². The molecule has 0 aromatic heterocycles. The zero-order chi connectivity index (χ0) is 10.4. The summed E-state index contributed by atoms with van der Waals surface area (Å²) in [6.07, 6.45) is 0.481. The SMILES string of the molecule is CN=C(C)C(C=O)=C(N)C(=O)OC. The number of nitrogens with zero attached hydrogens (tertiary/aromatic N) is 1. The van der Waals surface area contributed by atoms with Gasteiger partial charge in [-0.3, -0.25) is 9.79 Å². The Hall–Kier alpha value is -1.65. The molecule has 0 spiro atoms. The molecule has 2 N–H and O–H groups in total. The summed E-state index contributed by atoms with van der Waals surface area (Å²) in [6.45, 7) is 1.58. The van der Waals surface area contributed by atoms with Gasteiger partial charge in [0, 0.05) is 12.8 Å². The van der Waals surface area contributed by atoms with Crippen molar-refractivity contribution in [2.75, 3.05) is 14.2 Å². The van der Waals surface area contributed by atoms with Gasteiger partial charge in [0.1, 0.15) is 5.70 Å². The van der Waals surface area contributed by atoms with Gasteiger partial charge in [-0.1, -0.05) is 0 Å². The van der Waals surface area contributed by atoms with Crippen LogP contribution in [0.3, 0.4) is 0 Å². The van der Waals surface area contributed by atoms with Gasteiger partial charge in [0.25, 0.3) is 0 Å². The zero-order valence-electron chi connectivity index (χ0n) is 7.83. The van der Waals surface area contributed by atoms with Crippen molar-refractivity contribution in [2.24, 2.45) is 10.7 Å². The summed E-state index contributed by atoms with van der Waals surface area (Å²) >= 11 is 0. The molecule has 0 rings (SSSR count). The van der Waals surface area contributed by atoms with Crippen LogP contribution in [0.5, 0.6) is 0 Å². The Balaban J connectivity index is 5.13. The molecule has 13 heavy (non-hydrogen) atoms. The Kier molecular flexibility index (Phi) is 4.43. The smallest absolute Gasteiger partial charge is 0.354 e. The molecule has 0 saturated carbocycles. The molecule has 0 aliphatic rings. The number of nitrogens with two attached hydrogens (primary N) is 1. The van der Waals surface area contributed by atoms with Crippen molar-refractivity contribution < 1.29 is 14.3 Å². The fraction of sp³-hybridized carbons (Fsp3) is 0.375. The summed E-state index contributed by atoms with van der Waals surface area (Å²) in [5.41, 5.74) is 5.60. The number of hydrogen-bond donors (Lipinski definition) is 1. The van der Waals surface area contributed by atoms with Crippen LogP contribution in [0.15, 0.2) is 16.3 Å². The van der Waals surface area contributed by atoms with E-state index >= 15 is 0 Å². The highest BCUT2D eigenvalue weighted by Crippen LogP contribution is 2.00. The van der Waals surface area contributed by atoms with Gasteiger partial charge in [-0.2, -0.15) is 0 Å². The lowest BCUT2D eigenvalue weighted by molar-refractivity contribution is -0.136. The van der Waals surface area contributed by atoms with Crippen molar-refractivity contribution in [3.63, 3.8) is 0 Å². The second-order valence-corrected chi connectivity index (χ2v) is 2.25. The lowest BCUT2D eigenvalue weighted by Gasteiger charge is -2.03. The average molecular weight is 184 g/mol. The average Bonchev–Trinajstić information content (AvgIpc) is 2.17. The fourth-order valence-electron chi connectivity index (χ4n) is 0.684. The van der Waals surface area contributed by atoms with Crippen molar-refractivity contribution in [1.82, 2.24) is 0 Å². The molecule has 0 atom stereocenters. The first kappa shape index (κ1) is 11.4. The summed E-state index contributed by atoms with van der Waals surface area (Å²) in [4.78, 5) is 25.2. The number of carbonyl (C=O) groups is 2. The van der Waals surface area contributed by atoms with Crippen LogP contribution in [0.1, 0.15) is 6.92 Å². The molecule has 5 heteroatoms. The summed E-state index contributed by atoms with van der Waals surface area (Å²) < 4.78 is 4.35. The number of ether oxygens (including phenoxy) is 1. The molecule has 0 fully saturated rings. The maximum absolute atomic E-state index is 10.9. The maximum Gasteiger partial charge on any atom is 0.354 e. The molecule has 0 amide bonds. The zero-order valence-corrected chi connectivity index (χ0v) is 7.83. The molecule has 0 unspecified atom stereocenters. The van der Waals surface area contributed by atoms with Crippen LogP contribution in [0, 0.1) is 0 Å². The lowest BCUT2D eigenvalue weighted by Crippen LogP contribution is -2.19. The predicted molar refractivity (Wildman–Crippen MR) is 48.3 cm³/mol. The normalized spacial score (nSPS) is 13.3. The van der Waals surface area contributed by atoms with E-state index < -0.39 is 5.97 Å². The van der Waals surface area contributed by atoms with Crippen molar-refractivity contribution in [3.05, 3.63) is 11.3 Å². The van der Waals surface area contributed by atoms with Gasteiger partial charge in [-0.05, 0) is 6.92 Å². The lowest BCUT2D eigenvalue weighted by atomic mass is 10.1. The minimum absolute atomic E-state index is 0.0642. The number of hydrogen-bond acceptors (Lipinski definition) is 5. The molecular weight excluding hydrogens is 172 g/mol. The van der Waals surface area contributed by atoms with Crippen LogP contribution < -0.4 is 5.73 Å². The largest absolute Gasteiger partial charge is 0.464 e. The topological polar surface area (TPSA) is 81.8 Å². The Morgan fingerprint density at radius 3 is 2.38 bits per heavy atom. The van der Waals surface area contributed by atoms with E-state index in [1.165, 1.54) is 14.2 Å². The highest BCUT2D eigenvalue weighted by atomic mass is 16.5. The fourth-order valence-corrected chi connectivity index (χ4v) is 0.684. The minimum Gasteiger partial charge on any atom is -0.464 e. The second-order valence-electron chi connectivity index (χ2n) is 2.25. The number of carbonyl (C=O) groups excluding carboxylic acids is 2. The Morgan fingerprint density at radius 2 is 2.08 bits per heavy atom. The predicted octanol–water partition coefficient (Wildman–Crippen LogP) is -0.338. The van der Waals surface area contributed by atoms with Crippen molar-refractivity contribution in [1.29, 1.82) is 0 Å². The molecule has 5 nitrogen and oxygen atoms in total. The Morgan fingerprint density at radius 1 is 1.54 bits per heavy atom. The van der Waals surface area contributed by atoms with Gasteiger partial charge in [0.05, 0.1) is 12.7 Å². The van der Waals surface area contributed by atoms with Gasteiger partial charge in [-0.25, -0.2) is 4.79 Å². The van der Waals surface area contributed by atoms with Crippen LogP contribution in [0.2, 0.25) is 0 Å². The molecule has 0 heterocycles. The van der Waals surface area contributed by atoms with Gasteiger partial charge in [-0.15, -0.1) is 0 Å². The molecule has 0 aliphatic heterocycles. The van der Waals surface area contributed by atoms with E-state index in [1.54, 1.807) is 6.92 Å². The van der Waals surface area contributed by atoms with E-state index in [4.69, 9.17) is 5.73 Å². The molecule has 72 valence electrons. The maximum atomic E-state index is 10.9. The van der Waals surface area contributed by atoms with Crippen LogP contribution >= 0.6 is 0 Å². The van der Waals surface area contributed by atoms with E-state index in [2.05, 4.69) is 9.73 Å². The van der Waals surface area contributed by atoms with E-state index in [0.29, 0.717) is 12.0 Å². The minimum atomic E-state index is -0.731. The quantitative estimate of drug-likeness (QED) is 0.281. The Labute approximate surface area is 76.3 Å². The third-order valence-electron chi connectivity index (χ3n) is 1.54. The van der Waals surface area contributed by atoms with E-state index in [0.717, 1.165) is 0 Å². The van der Waals surface area contributed by atoms with E-state index in [1.807, 2.05) is 0 Å². The van der Waals surface area contributed by atoms with Gasteiger partial charge in [0.15, 0.2) is 6.29 Å². The van der Waals surface area contributed by atoms with Crippen molar-refractivity contribution in [3.8, 4) is 0 Å². The highest BCUT2D eigenvalue weighted by Gasteiger charge is 2.13. The Bertz CT molecular complexity index is 279. The number of allylic oxidation sites excluding steroid dienone is 1. The van der Waals surface area contributed by atoms with Gasteiger partial charge < -0.3 is 10.5 Å². The number of esters is 1. The molecule has 0 radical (unpaired) electrons. The molecule has 0 aromatic rings. The standard InChI is InChI=1S/C8H12N2O3/c1-5(10-2)6(4-11)7(9)8(12)13-3/h4H,9H2,1-3H3. The van der Waals surface area contributed by atoms with E-state index in [9.17, 15) is 9.59 Å². The van der Waals surface area contributed by atoms with Crippen LogP contribution in [-0.2, 0) is 14.3 Å². The highest BCUT2D eigenvalue weighted by molar-refractivity contribution is 6.18.